The number of carbonyl (C=O) groups is 1. The molecule has 0 saturated carbocycles. The summed E-state index contributed by atoms with van der Waals surface area (Å²) in [6, 6.07) is 22.5. The first kappa shape index (κ1) is 26.4. The summed E-state index contributed by atoms with van der Waals surface area (Å²) in [6.07, 6.45) is 2.60. The van der Waals surface area contributed by atoms with Crippen LogP contribution in [-0.4, -0.2) is 36.9 Å². The van der Waals surface area contributed by atoms with Gasteiger partial charge in [-0.2, -0.15) is 5.10 Å². The van der Waals surface area contributed by atoms with Gasteiger partial charge in [0, 0.05) is 29.1 Å². The molecule has 4 rings (SSSR count). The maximum absolute atomic E-state index is 12.4. The van der Waals surface area contributed by atoms with E-state index in [1.807, 2.05) is 49.4 Å². The summed E-state index contributed by atoms with van der Waals surface area (Å²) in [5, 5.41) is 19.3. The molecule has 0 aliphatic heterocycles. The van der Waals surface area contributed by atoms with Crippen LogP contribution in [0.2, 0.25) is 5.02 Å². The number of nitrogens with zero attached hydrogens (tertiary/aromatic N) is 1. The summed E-state index contributed by atoms with van der Waals surface area (Å²) in [6.45, 7) is 4.20. The number of halogens is 1. The van der Waals surface area contributed by atoms with Crippen LogP contribution >= 0.6 is 22.9 Å². The van der Waals surface area contributed by atoms with E-state index in [0.717, 1.165) is 47.5 Å². The van der Waals surface area contributed by atoms with Gasteiger partial charge in [0.1, 0.15) is 18.1 Å². The number of hydrazone groups is 1. The van der Waals surface area contributed by atoms with Crippen molar-refractivity contribution in [2.45, 2.75) is 13.3 Å². The highest BCUT2D eigenvalue weighted by atomic mass is 35.5. The van der Waals surface area contributed by atoms with Crippen molar-refractivity contribution >= 4 is 35.1 Å². The van der Waals surface area contributed by atoms with Crippen LogP contribution in [0.15, 0.2) is 83.3 Å². The van der Waals surface area contributed by atoms with E-state index in [9.17, 15) is 9.90 Å². The minimum atomic E-state index is -0.426. The highest BCUT2D eigenvalue weighted by Crippen LogP contribution is 2.34. The molecule has 1 aromatic heterocycles. The average Bonchev–Trinajstić information content (AvgIpc) is 3.42. The van der Waals surface area contributed by atoms with Crippen molar-refractivity contribution in [1.29, 1.82) is 0 Å². The van der Waals surface area contributed by atoms with Gasteiger partial charge in [-0.1, -0.05) is 48.0 Å². The van der Waals surface area contributed by atoms with Crippen molar-refractivity contribution in [3.8, 4) is 22.6 Å². The van der Waals surface area contributed by atoms with Crippen LogP contribution in [-0.2, 0) is 6.42 Å². The summed E-state index contributed by atoms with van der Waals surface area (Å²) in [7, 11) is 0. The molecule has 3 aromatic carbocycles. The Kier molecular flexibility index (Phi) is 9.32. The number of hydrogen-bond donors (Lipinski definition) is 3. The third-order valence-corrected chi connectivity index (χ3v) is 6.86. The molecule has 1 amide bonds. The van der Waals surface area contributed by atoms with Crippen LogP contribution in [0.3, 0.4) is 0 Å². The number of aryl methyl sites for hydroxylation is 1. The van der Waals surface area contributed by atoms with E-state index in [4.69, 9.17) is 16.3 Å². The second kappa shape index (κ2) is 13.1. The number of nitrogens with one attached hydrogen (secondary N) is 2. The monoisotopic (exact) mass is 533 g/mol. The van der Waals surface area contributed by atoms with E-state index in [0.29, 0.717) is 12.2 Å². The fraction of sp³-hybridized carbons (Fsp3) is 0.172. The Hall–Kier alpha value is -3.65. The van der Waals surface area contributed by atoms with Gasteiger partial charge < -0.3 is 15.2 Å². The van der Waals surface area contributed by atoms with Crippen LogP contribution in [0.1, 0.15) is 26.4 Å². The van der Waals surface area contributed by atoms with Crippen molar-refractivity contribution < 1.29 is 14.6 Å². The second-order valence-corrected chi connectivity index (χ2v) is 9.81. The maximum atomic E-state index is 12.4. The fourth-order valence-electron chi connectivity index (χ4n) is 3.79. The van der Waals surface area contributed by atoms with Crippen LogP contribution in [0.4, 0.5) is 0 Å². The third-order valence-electron chi connectivity index (χ3n) is 5.62. The number of phenolic OH excluding ortho intramolecular Hbond substituents is 1. The minimum Gasteiger partial charge on any atom is -0.506 e. The first-order chi connectivity index (χ1) is 18.0. The van der Waals surface area contributed by atoms with Gasteiger partial charge in [-0.3, -0.25) is 4.79 Å². The van der Waals surface area contributed by atoms with Crippen molar-refractivity contribution in [3.05, 3.63) is 105 Å². The first-order valence-corrected chi connectivity index (χ1v) is 13.1. The summed E-state index contributed by atoms with van der Waals surface area (Å²) < 4.78 is 6.23. The quantitative estimate of drug-likeness (QED) is 0.124. The van der Waals surface area contributed by atoms with Gasteiger partial charge in [0.05, 0.1) is 11.2 Å². The summed E-state index contributed by atoms with van der Waals surface area (Å²) in [4.78, 5) is 13.7. The van der Waals surface area contributed by atoms with E-state index >= 15 is 0 Å². The number of phenols is 1. The SMILES string of the molecule is Cc1cc(/C=N\NC(=O)c2ccc(O)c(Cl)c2)cc(-c2ccccc2)c1OCCNCCc1cccs1. The standard InChI is InChI=1S/C29H28ClN3O3S/c1-20-16-21(19-32-33-29(35)23-9-10-27(34)26(30)18-23)17-25(22-6-3-2-4-7-22)28(20)36-14-13-31-12-11-24-8-5-15-37-24/h2-10,15-19,31,34H,11-14H2,1H3,(H,33,35)/b32-19-. The normalized spacial score (nSPS) is 11.1. The lowest BCUT2D eigenvalue weighted by Crippen LogP contribution is -2.23. The molecule has 0 aliphatic rings. The topological polar surface area (TPSA) is 83.0 Å². The van der Waals surface area contributed by atoms with Gasteiger partial charge in [-0.05, 0) is 71.8 Å². The van der Waals surface area contributed by atoms with Crippen molar-refractivity contribution in [1.82, 2.24) is 10.7 Å². The Morgan fingerprint density at radius 2 is 1.92 bits per heavy atom. The lowest BCUT2D eigenvalue weighted by molar-refractivity contribution is 0.0955. The molecule has 3 N–H and O–H groups in total. The molecule has 0 aliphatic carbocycles. The fourth-order valence-corrected chi connectivity index (χ4v) is 4.68. The van der Waals surface area contributed by atoms with Crippen LogP contribution < -0.4 is 15.5 Å². The summed E-state index contributed by atoms with van der Waals surface area (Å²) >= 11 is 7.67. The van der Waals surface area contributed by atoms with Crippen LogP contribution in [0.25, 0.3) is 11.1 Å². The number of benzene rings is 3. The van der Waals surface area contributed by atoms with Crippen molar-refractivity contribution in [2.75, 3.05) is 19.7 Å². The Morgan fingerprint density at radius 3 is 2.68 bits per heavy atom. The van der Waals surface area contributed by atoms with E-state index in [2.05, 4.69) is 33.4 Å². The minimum absolute atomic E-state index is 0.0814. The number of rotatable bonds is 11. The second-order valence-electron chi connectivity index (χ2n) is 8.37. The average molecular weight is 534 g/mol. The van der Waals surface area contributed by atoms with Crippen LogP contribution in [0, 0.1) is 6.92 Å². The maximum Gasteiger partial charge on any atom is 0.271 e. The first-order valence-electron chi connectivity index (χ1n) is 11.9. The largest absolute Gasteiger partial charge is 0.506 e. The molecule has 0 bridgehead atoms. The Bertz CT molecular complexity index is 1360. The molecule has 8 heteroatoms. The molecular weight excluding hydrogens is 506 g/mol. The van der Waals surface area contributed by atoms with Crippen molar-refractivity contribution in [3.63, 3.8) is 0 Å². The van der Waals surface area contributed by atoms with E-state index in [1.165, 1.54) is 23.1 Å². The number of aromatic hydroxyl groups is 1. The van der Waals surface area contributed by atoms with Gasteiger partial charge in [0.25, 0.3) is 5.91 Å². The molecule has 190 valence electrons. The van der Waals surface area contributed by atoms with Gasteiger partial charge in [0.15, 0.2) is 0 Å². The Morgan fingerprint density at radius 1 is 1.08 bits per heavy atom. The van der Waals surface area contributed by atoms with Gasteiger partial charge in [-0.25, -0.2) is 5.43 Å². The van der Waals surface area contributed by atoms with Crippen LogP contribution in [0.5, 0.6) is 11.5 Å². The molecule has 0 unspecified atom stereocenters. The zero-order chi connectivity index (χ0) is 26.0. The predicted molar refractivity (Wildman–Crippen MR) is 151 cm³/mol. The lowest BCUT2D eigenvalue weighted by Gasteiger charge is -2.16. The molecule has 37 heavy (non-hydrogen) atoms. The van der Waals surface area contributed by atoms with E-state index in [1.54, 1.807) is 17.6 Å². The number of thiophene rings is 1. The molecule has 1 heterocycles. The number of amides is 1. The number of carbonyl (C=O) groups excluding carboxylic acids is 1. The zero-order valence-electron chi connectivity index (χ0n) is 20.4. The zero-order valence-corrected chi connectivity index (χ0v) is 22.0. The number of ether oxygens (including phenoxy) is 1. The summed E-state index contributed by atoms with van der Waals surface area (Å²) in [5.41, 5.74) is 6.58. The lowest BCUT2D eigenvalue weighted by atomic mass is 9.99. The summed E-state index contributed by atoms with van der Waals surface area (Å²) in [5.74, 6) is 0.318. The van der Waals surface area contributed by atoms with E-state index < -0.39 is 5.91 Å². The van der Waals surface area contributed by atoms with Gasteiger partial charge in [0.2, 0.25) is 0 Å². The Labute approximate surface area is 225 Å². The van der Waals surface area contributed by atoms with Gasteiger partial charge in [-0.15, -0.1) is 11.3 Å². The molecule has 0 spiro atoms. The molecule has 0 radical (unpaired) electrons. The molecule has 0 saturated heterocycles. The predicted octanol–water partition coefficient (Wildman–Crippen LogP) is 6.06. The van der Waals surface area contributed by atoms with Crippen molar-refractivity contribution in [2.24, 2.45) is 5.10 Å². The highest BCUT2D eigenvalue weighted by molar-refractivity contribution is 7.09. The van der Waals surface area contributed by atoms with Gasteiger partial charge >= 0.3 is 0 Å². The Balaban J connectivity index is 1.42. The number of hydrogen-bond acceptors (Lipinski definition) is 6. The smallest absolute Gasteiger partial charge is 0.271 e. The molecule has 0 atom stereocenters. The molecule has 6 nitrogen and oxygen atoms in total. The highest BCUT2D eigenvalue weighted by Gasteiger charge is 2.12. The molecular formula is C29H28ClN3O3S. The molecule has 4 aromatic rings. The third kappa shape index (κ3) is 7.43. The van der Waals surface area contributed by atoms with E-state index in [-0.39, 0.29) is 10.8 Å². The molecule has 0 fully saturated rings.